The van der Waals surface area contributed by atoms with E-state index in [-0.39, 0.29) is 11.9 Å². The van der Waals surface area contributed by atoms with E-state index in [1.165, 1.54) is 6.26 Å². The van der Waals surface area contributed by atoms with E-state index in [0.717, 1.165) is 5.56 Å². The number of furan rings is 1. The highest BCUT2D eigenvalue weighted by molar-refractivity contribution is 7.07. The average Bonchev–Trinajstić information content (AvgIpc) is 3.22. The Morgan fingerprint density at radius 3 is 3.05 bits per heavy atom. The highest BCUT2D eigenvalue weighted by Crippen LogP contribution is 2.19. The summed E-state index contributed by atoms with van der Waals surface area (Å²) in [6.45, 7) is 0.456. The van der Waals surface area contributed by atoms with Crippen LogP contribution in [0.2, 0.25) is 0 Å². The first kappa shape index (κ1) is 12.7. The molecule has 6 heteroatoms. The second-order valence-electron chi connectivity index (χ2n) is 4.25. The zero-order chi connectivity index (χ0) is 13.8. The van der Waals surface area contributed by atoms with Gasteiger partial charge in [0.1, 0.15) is 0 Å². The summed E-state index contributed by atoms with van der Waals surface area (Å²) in [5.74, 6) is 0.0944. The van der Waals surface area contributed by atoms with Crippen molar-refractivity contribution in [2.24, 2.45) is 0 Å². The molecule has 0 saturated heterocycles. The summed E-state index contributed by atoms with van der Waals surface area (Å²) >= 11 is 1.62. The van der Waals surface area contributed by atoms with Crippen LogP contribution in [-0.4, -0.2) is 22.2 Å². The van der Waals surface area contributed by atoms with Gasteiger partial charge in [-0.05, 0) is 40.6 Å². The van der Waals surface area contributed by atoms with Crippen LogP contribution in [0.1, 0.15) is 22.2 Å². The third-order valence-electron chi connectivity index (χ3n) is 2.97. The van der Waals surface area contributed by atoms with Crippen LogP contribution < -0.4 is 5.32 Å². The molecule has 0 spiro atoms. The van der Waals surface area contributed by atoms with Crippen LogP contribution in [0, 0.1) is 0 Å². The fraction of sp³-hybridized carbons (Fsp3) is 0.143. The molecule has 0 aliphatic heterocycles. The molecular weight excluding hydrogens is 274 g/mol. The zero-order valence-corrected chi connectivity index (χ0v) is 11.4. The molecule has 20 heavy (non-hydrogen) atoms. The first-order valence-corrected chi connectivity index (χ1v) is 7.12. The SMILES string of the molecule is O=C(NC[C@@H](c1ccsc1)n1cccn1)c1ccco1. The lowest BCUT2D eigenvalue weighted by atomic mass is 10.1. The van der Waals surface area contributed by atoms with Gasteiger partial charge in [0.05, 0.1) is 12.3 Å². The van der Waals surface area contributed by atoms with Crippen molar-refractivity contribution in [2.45, 2.75) is 6.04 Å². The Morgan fingerprint density at radius 1 is 1.45 bits per heavy atom. The van der Waals surface area contributed by atoms with E-state index in [1.54, 1.807) is 29.7 Å². The smallest absolute Gasteiger partial charge is 0.287 e. The highest BCUT2D eigenvalue weighted by atomic mass is 32.1. The van der Waals surface area contributed by atoms with Gasteiger partial charge >= 0.3 is 0 Å². The van der Waals surface area contributed by atoms with E-state index in [4.69, 9.17) is 4.42 Å². The fourth-order valence-corrected chi connectivity index (χ4v) is 2.69. The normalized spacial score (nSPS) is 12.2. The fourth-order valence-electron chi connectivity index (χ4n) is 1.98. The monoisotopic (exact) mass is 287 g/mol. The van der Waals surface area contributed by atoms with Gasteiger partial charge in [0.2, 0.25) is 0 Å². The molecule has 0 unspecified atom stereocenters. The van der Waals surface area contributed by atoms with E-state index in [1.807, 2.05) is 28.4 Å². The van der Waals surface area contributed by atoms with Gasteiger partial charge in [-0.1, -0.05) is 0 Å². The molecule has 0 radical (unpaired) electrons. The molecule has 0 saturated carbocycles. The Hall–Kier alpha value is -2.34. The van der Waals surface area contributed by atoms with Crippen molar-refractivity contribution >= 4 is 17.2 Å². The highest BCUT2D eigenvalue weighted by Gasteiger charge is 2.17. The second-order valence-corrected chi connectivity index (χ2v) is 5.03. The van der Waals surface area contributed by atoms with Gasteiger partial charge in [-0.15, -0.1) is 0 Å². The van der Waals surface area contributed by atoms with Gasteiger partial charge in [0, 0.05) is 18.9 Å². The van der Waals surface area contributed by atoms with Crippen LogP contribution in [0.15, 0.2) is 58.1 Å². The minimum Gasteiger partial charge on any atom is -0.459 e. The topological polar surface area (TPSA) is 60.1 Å². The van der Waals surface area contributed by atoms with Crippen LogP contribution in [-0.2, 0) is 0 Å². The first-order valence-electron chi connectivity index (χ1n) is 6.17. The summed E-state index contributed by atoms with van der Waals surface area (Å²) in [6, 6.07) is 7.22. The maximum absolute atomic E-state index is 11.9. The number of carbonyl (C=O) groups excluding carboxylic acids is 1. The van der Waals surface area contributed by atoms with Crippen molar-refractivity contribution in [3.63, 3.8) is 0 Å². The molecule has 3 aromatic rings. The molecule has 0 aliphatic carbocycles. The van der Waals surface area contributed by atoms with Gasteiger partial charge in [-0.2, -0.15) is 16.4 Å². The molecule has 3 heterocycles. The van der Waals surface area contributed by atoms with E-state index in [9.17, 15) is 4.79 Å². The third-order valence-corrected chi connectivity index (χ3v) is 3.67. The maximum atomic E-state index is 11.9. The van der Waals surface area contributed by atoms with Crippen molar-refractivity contribution in [1.82, 2.24) is 15.1 Å². The molecule has 1 amide bonds. The number of thiophene rings is 1. The van der Waals surface area contributed by atoms with Crippen molar-refractivity contribution in [1.29, 1.82) is 0 Å². The molecule has 0 fully saturated rings. The molecule has 3 aromatic heterocycles. The number of carbonyl (C=O) groups is 1. The standard InChI is InChI=1S/C14H13N3O2S/c18-14(13-3-1-7-19-13)15-9-12(11-4-8-20-10-11)17-6-2-5-16-17/h1-8,10,12H,9H2,(H,15,18)/t12-/m0/s1. The van der Waals surface area contributed by atoms with Crippen molar-refractivity contribution < 1.29 is 9.21 Å². The van der Waals surface area contributed by atoms with Crippen molar-refractivity contribution in [2.75, 3.05) is 6.54 Å². The number of hydrogen-bond acceptors (Lipinski definition) is 4. The minimum absolute atomic E-state index is 0.0184. The number of aromatic nitrogens is 2. The number of rotatable bonds is 5. The summed E-state index contributed by atoms with van der Waals surface area (Å²) in [5, 5.41) is 11.2. The molecule has 1 atom stereocenters. The number of hydrogen-bond donors (Lipinski definition) is 1. The van der Waals surface area contributed by atoms with E-state index >= 15 is 0 Å². The van der Waals surface area contributed by atoms with Gasteiger partial charge in [-0.3, -0.25) is 9.48 Å². The zero-order valence-electron chi connectivity index (χ0n) is 10.6. The maximum Gasteiger partial charge on any atom is 0.287 e. The summed E-state index contributed by atoms with van der Waals surface area (Å²) < 4.78 is 6.91. The Morgan fingerprint density at radius 2 is 2.40 bits per heavy atom. The molecule has 3 rings (SSSR count). The molecular formula is C14H13N3O2S. The lowest BCUT2D eigenvalue weighted by Crippen LogP contribution is -2.31. The second kappa shape index (κ2) is 5.75. The predicted molar refractivity (Wildman–Crippen MR) is 75.7 cm³/mol. The number of nitrogens with one attached hydrogen (secondary N) is 1. The van der Waals surface area contributed by atoms with Gasteiger partial charge < -0.3 is 9.73 Å². The largest absolute Gasteiger partial charge is 0.459 e. The third kappa shape index (κ3) is 2.65. The summed E-state index contributed by atoms with van der Waals surface area (Å²) in [5.41, 5.74) is 1.12. The number of amides is 1. The van der Waals surface area contributed by atoms with E-state index in [0.29, 0.717) is 12.3 Å². The molecule has 0 bridgehead atoms. The van der Waals surface area contributed by atoms with Crippen LogP contribution in [0.25, 0.3) is 0 Å². The molecule has 0 aliphatic rings. The summed E-state index contributed by atoms with van der Waals surface area (Å²) in [7, 11) is 0. The van der Waals surface area contributed by atoms with Crippen molar-refractivity contribution in [3.8, 4) is 0 Å². The lowest BCUT2D eigenvalue weighted by Gasteiger charge is -2.17. The quantitative estimate of drug-likeness (QED) is 0.784. The molecule has 0 aromatic carbocycles. The summed E-state index contributed by atoms with van der Waals surface area (Å²) in [4.78, 5) is 11.9. The Kier molecular flexibility index (Phi) is 3.64. The average molecular weight is 287 g/mol. The summed E-state index contributed by atoms with van der Waals surface area (Å²) in [6.07, 6.45) is 5.11. The predicted octanol–water partition coefficient (Wildman–Crippen LogP) is 2.56. The van der Waals surface area contributed by atoms with Crippen LogP contribution >= 0.6 is 11.3 Å². The molecule has 102 valence electrons. The van der Waals surface area contributed by atoms with Gasteiger partial charge in [0.25, 0.3) is 5.91 Å². The van der Waals surface area contributed by atoms with E-state index < -0.39 is 0 Å². The molecule has 5 nitrogen and oxygen atoms in total. The van der Waals surface area contributed by atoms with Gasteiger partial charge in [-0.25, -0.2) is 0 Å². The Labute approximate surface area is 119 Å². The minimum atomic E-state index is -0.220. The molecule has 1 N–H and O–H groups in total. The van der Waals surface area contributed by atoms with E-state index in [2.05, 4.69) is 15.8 Å². The Balaban J connectivity index is 1.73. The van der Waals surface area contributed by atoms with Crippen molar-refractivity contribution in [3.05, 3.63) is 65.0 Å². The van der Waals surface area contributed by atoms with Gasteiger partial charge in [0.15, 0.2) is 5.76 Å². The van der Waals surface area contributed by atoms with Crippen LogP contribution in [0.5, 0.6) is 0 Å². The first-order chi connectivity index (χ1) is 9.84. The van der Waals surface area contributed by atoms with Crippen LogP contribution in [0.4, 0.5) is 0 Å². The Bertz CT molecular complexity index is 610. The lowest BCUT2D eigenvalue weighted by molar-refractivity contribution is 0.0921. The number of nitrogens with zero attached hydrogens (tertiary/aromatic N) is 2. The van der Waals surface area contributed by atoms with Crippen LogP contribution in [0.3, 0.4) is 0 Å².